The van der Waals surface area contributed by atoms with Gasteiger partial charge >= 0.3 is 0 Å². The van der Waals surface area contributed by atoms with Gasteiger partial charge in [-0.2, -0.15) is 0 Å². The molecule has 1 aromatic heterocycles. The quantitative estimate of drug-likeness (QED) is 0.878. The predicted molar refractivity (Wildman–Crippen MR) is 88.2 cm³/mol. The van der Waals surface area contributed by atoms with Crippen LogP contribution in [-0.2, 0) is 16.4 Å². The molecule has 1 N–H and O–H groups in total. The van der Waals surface area contributed by atoms with Crippen molar-refractivity contribution in [3.8, 4) is 5.75 Å². The second-order valence-corrected chi connectivity index (χ2v) is 7.74. The summed E-state index contributed by atoms with van der Waals surface area (Å²) < 4.78 is 32.9. The minimum Gasteiger partial charge on any atom is -0.497 e. The molecule has 0 bridgehead atoms. The van der Waals surface area contributed by atoms with Gasteiger partial charge in [-0.15, -0.1) is 11.3 Å². The predicted octanol–water partition coefficient (Wildman–Crippen LogP) is 2.60. The van der Waals surface area contributed by atoms with Gasteiger partial charge in [-0.25, -0.2) is 18.1 Å². The van der Waals surface area contributed by atoms with Gasteiger partial charge in [0.2, 0.25) is 10.0 Å². The molecule has 0 saturated heterocycles. The molecule has 0 amide bonds. The van der Waals surface area contributed by atoms with E-state index >= 15 is 0 Å². The van der Waals surface area contributed by atoms with Crippen molar-refractivity contribution in [2.24, 2.45) is 0 Å². The van der Waals surface area contributed by atoms with E-state index in [1.54, 1.807) is 49.9 Å². The largest absolute Gasteiger partial charge is 0.497 e. The van der Waals surface area contributed by atoms with E-state index in [-0.39, 0.29) is 0 Å². The van der Waals surface area contributed by atoms with E-state index in [1.807, 2.05) is 6.92 Å². The number of ether oxygens (including phenoxy) is 1. The van der Waals surface area contributed by atoms with Crippen LogP contribution >= 0.6 is 11.3 Å². The van der Waals surface area contributed by atoms with Crippen LogP contribution in [0.15, 0.2) is 22.5 Å². The number of rotatable bonds is 6. The second-order valence-electron chi connectivity index (χ2n) is 5.10. The molecule has 0 spiro atoms. The first kappa shape index (κ1) is 16.9. The van der Waals surface area contributed by atoms with Crippen molar-refractivity contribution in [2.75, 3.05) is 13.7 Å². The van der Waals surface area contributed by atoms with Crippen LogP contribution in [0, 0.1) is 20.8 Å². The lowest BCUT2D eigenvalue weighted by atomic mass is 10.1. The summed E-state index contributed by atoms with van der Waals surface area (Å²) in [7, 11) is -1.97. The molecule has 0 radical (unpaired) electrons. The number of aromatic nitrogens is 1. The number of sulfonamides is 1. The molecule has 7 heteroatoms. The highest BCUT2D eigenvalue weighted by Crippen LogP contribution is 2.25. The van der Waals surface area contributed by atoms with Crippen molar-refractivity contribution in [1.29, 1.82) is 0 Å². The average molecular weight is 340 g/mol. The summed E-state index contributed by atoms with van der Waals surface area (Å²) in [5, 5.41) is 0. The van der Waals surface area contributed by atoms with Gasteiger partial charge in [0.25, 0.3) is 0 Å². The summed E-state index contributed by atoms with van der Waals surface area (Å²) in [5.74, 6) is 0.661. The Labute approximate surface area is 135 Å². The zero-order valence-corrected chi connectivity index (χ0v) is 14.8. The standard InChI is InChI=1S/C15H20N2O3S2/c1-10-7-13(20-4)8-11(2)15(10)22(18,19)17-6-5-14-12(3)16-9-21-14/h7-9,17H,5-6H2,1-4H3. The fourth-order valence-electron chi connectivity index (χ4n) is 2.39. The zero-order chi connectivity index (χ0) is 16.3. The maximum absolute atomic E-state index is 12.5. The van der Waals surface area contributed by atoms with Crippen molar-refractivity contribution in [2.45, 2.75) is 32.1 Å². The van der Waals surface area contributed by atoms with Crippen LogP contribution in [0.3, 0.4) is 0 Å². The molecule has 0 atom stereocenters. The van der Waals surface area contributed by atoms with E-state index in [4.69, 9.17) is 4.74 Å². The minimum atomic E-state index is -3.53. The van der Waals surface area contributed by atoms with Gasteiger partial charge in [-0.05, 0) is 50.5 Å². The first-order valence-corrected chi connectivity index (χ1v) is 9.25. The van der Waals surface area contributed by atoms with Crippen molar-refractivity contribution < 1.29 is 13.2 Å². The molecule has 0 aliphatic carbocycles. The molecule has 5 nitrogen and oxygen atoms in total. The van der Waals surface area contributed by atoms with Crippen molar-refractivity contribution in [1.82, 2.24) is 9.71 Å². The van der Waals surface area contributed by atoms with E-state index < -0.39 is 10.0 Å². The number of methoxy groups -OCH3 is 1. The normalized spacial score (nSPS) is 11.6. The molecule has 1 aromatic carbocycles. The van der Waals surface area contributed by atoms with Gasteiger partial charge in [0.15, 0.2) is 0 Å². The number of nitrogens with zero attached hydrogens (tertiary/aromatic N) is 1. The topological polar surface area (TPSA) is 68.3 Å². The van der Waals surface area contributed by atoms with Crippen LogP contribution in [0.4, 0.5) is 0 Å². The highest BCUT2D eigenvalue weighted by atomic mass is 32.2. The molecule has 1 heterocycles. The third-order valence-electron chi connectivity index (χ3n) is 3.43. The molecule has 0 saturated carbocycles. The summed E-state index contributed by atoms with van der Waals surface area (Å²) in [6.45, 7) is 5.84. The van der Waals surface area contributed by atoms with E-state index in [9.17, 15) is 8.42 Å². The van der Waals surface area contributed by atoms with Crippen LogP contribution in [0.25, 0.3) is 0 Å². The molecular weight excluding hydrogens is 320 g/mol. The Morgan fingerprint density at radius 2 is 1.86 bits per heavy atom. The lowest BCUT2D eigenvalue weighted by Gasteiger charge is -2.13. The van der Waals surface area contributed by atoms with Gasteiger partial charge in [0, 0.05) is 11.4 Å². The SMILES string of the molecule is COc1cc(C)c(S(=O)(=O)NCCc2scnc2C)c(C)c1. The molecule has 0 unspecified atom stereocenters. The third-order valence-corrected chi connectivity index (χ3v) is 6.19. The van der Waals surface area contributed by atoms with Gasteiger partial charge in [-0.3, -0.25) is 0 Å². The molecule has 0 aliphatic heterocycles. The van der Waals surface area contributed by atoms with E-state index in [2.05, 4.69) is 9.71 Å². The lowest BCUT2D eigenvalue weighted by molar-refractivity contribution is 0.413. The maximum Gasteiger partial charge on any atom is 0.241 e. The number of benzene rings is 1. The van der Waals surface area contributed by atoms with Gasteiger partial charge < -0.3 is 4.74 Å². The van der Waals surface area contributed by atoms with Crippen molar-refractivity contribution in [3.05, 3.63) is 39.3 Å². The highest BCUT2D eigenvalue weighted by Gasteiger charge is 2.20. The number of hydrogen-bond donors (Lipinski definition) is 1. The number of hydrogen-bond acceptors (Lipinski definition) is 5. The Kier molecular flexibility index (Phi) is 5.20. The monoisotopic (exact) mass is 340 g/mol. The van der Waals surface area contributed by atoms with Crippen LogP contribution in [0.1, 0.15) is 21.7 Å². The fraction of sp³-hybridized carbons (Fsp3) is 0.400. The minimum absolute atomic E-state index is 0.328. The smallest absolute Gasteiger partial charge is 0.241 e. The van der Waals surface area contributed by atoms with Crippen LogP contribution in [0.5, 0.6) is 5.75 Å². The Morgan fingerprint density at radius 1 is 1.23 bits per heavy atom. The lowest BCUT2D eigenvalue weighted by Crippen LogP contribution is -2.27. The first-order chi connectivity index (χ1) is 10.3. The Morgan fingerprint density at radius 3 is 2.36 bits per heavy atom. The van der Waals surface area contributed by atoms with Crippen LogP contribution < -0.4 is 9.46 Å². The second kappa shape index (κ2) is 6.76. The molecule has 0 fully saturated rings. The molecular formula is C15H20N2O3S2. The summed E-state index contributed by atoms with van der Waals surface area (Å²) >= 11 is 1.54. The Hall–Kier alpha value is -1.44. The van der Waals surface area contributed by atoms with E-state index in [0.29, 0.717) is 34.7 Å². The van der Waals surface area contributed by atoms with Gasteiger partial charge in [0.05, 0.1) is 23.2 Å². The first-order valence-electron chi connectivity index (χ1n) is 6.89. The fourth-order valence-corrected chi connectivity index (χ4v) is 4.65. The van der Waals surface area contributed by atoms with E-state index in [0.717, 1.165) is 10.6 Å². The summed E-state index contributed by atoms with van der Waals surface area (Å²) in [6, 6.07) is 3.46. The third kappa shape index (κ3) is 3.66. The highest BCUT2D eigenvalue weighted by molar-refractivity contribution is 7.89. The van der Waals surface area contributed by atoms with Gasteiger partial charge in [0.1, 0.15) is 5.75 Å². The van der Waals surface area contributed by atoms with E-state index in [1.165, 1.54) is 0 Å². The molecule has 120 valence electrons. The van der Waals surface area contributed by atoms with Gasteiger partial charge in [-0.1, -0.05) is 0 Å². The number of nitrogens with one attached hydrogen (secondary N) is 1. The average Bonchev–Trinajstić information content (AvgIpc) is 2.83. The number of thiazole rings is 1. The molecule has 2 rings (SSSR count). The van der Waals surface area contributed by atoms with Crippen molar-refractivity contribution in [3.63, 3.8) is 0 Å². The Bertz CT molecular complexity index is 744. The van der Waals surface area contributed by atoms with Crippen LogP contribution in [-0.4, -0.2) is 27.1 Å². The zero-order valence-electron chi connectivity index (χ0n) is 13.1. The maximum atomic E-state index is 12.5. The molecule has 22 heavy (non-hydrogen) atoms. The number of aryl methyl sites for hydroxylation is 3. The summed E-state index contributed by atoms with van der Waals surface area (Å²) in [4.78, 5) is 5.60. The summed E-state index contributed by atoms with van der Waals surface area (Å²) in [6.07, 6.45) is 0.643. The summed E-state index contributed by atoms with van der Waals surface area (Å²) in [5.41, 5.74) is 4.09. The molecule has 0 aliphatic rings. The van der Waals surface area contributed by atoms with Crippen molar-refractivity contribution >= 4 is 21.4 Å². The molecule has 2 aromatic rings. The van der Waals surface area contributed by atoms with Crippen LogP contribution in [0.2, 0.25) is 0 Å². The Balaban J connectivity index is 2.15.